The molecule has 0 saturated carbocycles. The monoisotopic (exact) mass is 393 g/mol. The Morgan fingerprint density at radius 3 is 2.52 bits per heavy atom. The molecule has 1 fully saturated rings. The fourth-order valence-electron chi connectivity index (χ4n) is 2.70. The van der Waals surface area contributed by atoms with Crippen LogP contribution in [0.15, 0.2) is 53.4 Å². The smallest absolute Gasteiger partial charge is 0.288 e. The number of rotatable bonds is 6. The van der Waals surface area contributed by atoms with Crippen LogP contribution in [0.25, 0.3) is 0 Å². The van der Waals surface area contributed by atoms with Crippen LogP contribution in [-0.2, 0) is 9.59 Å². The number of carbonyl (C=O) groups excluding carboxylic acids is 2. The van der Waals surface area contributed by atoms with Crippen LogP contribution in [0.1, 0.15) is 6.42 Å². The number of imide groups is 1. The summed E-state index contributed by atoms with van der Waals surface area (Å²) in [5.74, 6) is -3.52. The van der Waals surface area contributed by atoms with Crippen molar-refractivity contribution < 1.29 is 23.3 Å². The van der Waals surface area contributed by atoms with Gasteiger partial charge >= 0.3 is 0 Å². The van der Waals surface area contributed by atoms with Crippen molar-refractivity contribution in [2.24, 2.45) is 0 Å². The molecule has 0 aliphatic carbocycles. The van der Waals surface area contributed by atoms with Crippen molar-refractivity contribution in [3.63, 3.8) is 0 Å². The van der Waals surface area contributed by atoms with Gasteiger partial charge in [-0.2, -0.15) is 8.78 Å². The Morgan fingerprint density at radius 1 is 1.19 bits per heavy atom. The molecule has 2 amide bonds. The van der Waals surface area contributed by atoms with Gasteiger partial charge in [0.25, 0.3) is 17.4 Å². The van der Waals surface area contributed by atoms with Crippen LogP contribution in [0.2, 0.25) is 0 Å². The van der Waals surface area contributed by atoms with Crippen LogP contribution in [0.4, 0.5) is 25.8 Å². The minimum absolute atomic E-state index is 0.116. The Bertz CT molecular complexity index is 892. The largest absolute Gasteiger partial charge is 0.373 e. The van der Waals surface area contributed by atoms with Crippen LogP contribution in [0.5, 0.6) is 0 Å². The number of hydrogen-bond acceptors (Lipinski definition) is 6. The van der Waals surface area contributed by atoms with E-state index >= 15 is 0 Å². The van der Waals surface area contributed by atoms with Crippen LogP contribution in [0.3, 0.4) is 0 Å². The van der Waals surface area contributed by atoms with Crippen LogP contribution >= 0.6 is 11.8 Å². The predicted octanol–water partition coefficient (Wildman–Crippen LogP) is 3.65. The van der Waals surface area contributed by atoms with Gasteiger partial charge in [-0.25, -0.2) is 4.90 Å². The summed E-state index contributed by atoms with van der Waals surface area (Å²) < 4.78 is 24.8. The molecule has 1 atom stereocenters. The summed E-state index contributed by atoms with van der Waals surface area (Å²) >= 11 is 0.368. The molecule has 1 aliphatic rings. The molecule has 1 aliphatic heterocycles. The highest BCUT2D eigenvalue weighted by Gasteiger charge is 2.39. The summed E-state index contributed by atoms with van der Waals surface area (Å²) in [5.41, 5.74) is 0.494. The third kappa shape index (κ3) is 4.22. The fraction of sp³-hybridized carbons (Fsp3) is 0.176. The quantitative estimate of drug-likeness (QED) is 0.349. The third-order valence-corrected chi connectivity index (χ3v) is 4.59. The highest BCUT2D eigenvalue weighted by molar-refractivity contribution is 7.99. The SMILES string of the molecule is O=C1C[C@@H](Nc2cccc([N+](=O)[O-])c2)C(=O)N1c1ccc(SC(F)F)cc1. The highest BCUT2D eigenvalue weighted by atomic mass is 32.2. The molecular weight excluding hydrogens is 380 g/mol. The highest BCUT2D eigenvalue weighted by Crippen LogP contribution is 2.30. The summed E-state index contributed by atoms with van der Waals surface area (Å²) in [6, 6.07) is 10.4. The molecular formula is C17H13F2N3O4S. The summed E-state index contributed by atoms with van der Waals surface area (Å²) in [6.07, 6.45) is -0.116. The van der Waals surface area contributed by atoms with Gasteiger partial charge < -0.3 is 5.32 Å². The number of non-ortho nitro benzene ring substituents is 1. The molecule has 7 nitrogen and oxygen atoms in total. The Hall–Kier alpha value is -3.01. The van der Waals surface area contributed by atoms with Gasteiger partial charge in [0, 0.05) is 22.7 Å². The summed E-state index contributed by atoms with van der Waals surface area (Å²) in [5, 5.41) is 13.7. The Labute approximate surface area is 156 Å². The van der Waals surface area contributed by atoms with Gasteiger partial charge in [0.15, 0.2) is 0 Å². The van der Waals surface area contributed by atoms with Gasteiger partial charge in [0.1, 0.15) is 6.04 Å². The summed E-state index contributed by atoms with van der Waals surface area (Å²) in [4.78, 5) is 36.4. The standard InChI is InChI=1S/C17H13F2N3O4S/c18-17(19)27-13-6-4-11(5-7-13)21-15(23)9-14(16(21)24)20-10-2-1-3-12(8-10)22(25)26/h1-8,14,17,20H,9H2/t14-/m1/s1. The third-order valence-electron chi connectivity index (χ3n) is 3.86. The number of thioether (sulfide) groups is 1. The minimum Gasteiger partial charge on any atom is -0.373 e. The fourth-order valence-corrected chi connectivity index (χ4v) is 3.20. The maximum atomic E-state index is 12.6. The molecule has 3 rings (SSSR count). The number of hydrogen-bond donors (Lipinski definition) is 1. The number of anilines is 2. The maximum absolute atomic E-state index is 12.6. The first-order chi connectivity index (χ1) is 12.8. The number of benzene rings is 2. The lowest BCUT2D eigenvalue weighted by Crippen LogP contribution is -2.34. The Morgan fingerprint density at radius 2 is 1.89 bits per heavy atom. The average molecular weight is 393 g/mol. The molecule has 0 unspecified atom stereocenters. The van der Waals surface area contributed by atoms with Crippen molar-refractivity contribution >= 4 is 40.6 Å². The second kappa shape index (κ2) is 7.70. The van der Waals surface area contributed by atoms with Gasteiger partial charge in [-0.1, -0.05) is 17.8 Å². The lowest BCUT2D eigenvalue weighted by Gasteiger charge is -2.16. The first-order valence-electron chi connectivity index (χ1n) is 7.78. The molecule has 27 heavy (non-hydrogen) atoms. The normalized spacial score (nSPS) is 16.9. The molecule has 2 aromatic carbocycles. The van der Waals surface area contributed by atoms with E-state index in [-0.39, 0.29) is 17.8 Å². The van der Waals surface area contributed by atoms with E-state index in [2.05, 4.69) is 5.32 Å². The zero-order chi connectivity index (χ0) is 19.6. The van der Waals surface area contributed by atoms with E-state index in [4.69, 9.17) is 0 Å². The van der Waals surface area contributed by atoms with E-state index in [1.807, 2.05) is 0 Å². The first-order valence-corrected chi connectivity index (χ1v) is 8.66. The van der Waals surface area contributed by atoms with Crippen LogP contribution in [-0.4, -0.2) is 28.5 Å². The zero-order valence-electron chi connectivity index (χ0n) is 13.7. The van der Waals surface area contributed by atoms with Crippen LogP contribution in [0, 0.1) is 10.1 Å². The zero-order valence-corrected chi connectivity index (χ0v) is 14.5. The van der Waals surface area contributed by atoms with Crippen LogP contribution < -0.4 is 10.2 Å². The van der Waals surface area contributed by atoms with E-state index in [1.165, 1.54) is 42.5 Å². The second-order valence-electron chi connectivity index (χ2n) is 5.65. The van der Waals surface area contributed by atoms with Crippen molar-refractivity contribution in [3.8, 4) is 0 Å². The molecule has 0 spiro atoms. The lowest BCUT2D eigenvalue weighted by molar-refractivity contribution is -0.384. The molecule has 140 valence electrons. The van der Waals surface area contributed by atoms with Crippen molar-refractivity contribution in [2.45, 2.75) is 23.1 Å². The molecule has 0 aromatic heterocycles. The average Bonchev–Trinajstić information content (AvgIpc) is 2.89. The van der Waals surface area contributed by atoms with Gasteiger partial charge in [0.2, 0.25) is 5.91 Å². The van der Waals surface area contributed by atoms with E-state index in [1.54, 1.807) is 6.07 Å². The Balaban J connectivity index is 1.75. The predicted molar refractivity (Wildman–Crippen MR) is 95.9 cm³/mol. The topological polar surface area (TPSA) is 92.5 Å². The van der Waals surface area contributed by atoms with Gasteiger partial charge in [0.05, 0.1) is 17.0 Å². The van der Waals surface area contributed by atoms with Gasteiger partial charge in [-0.3, -0.25) is 19.7 Å². The van der Waals surface area contributed by atoms with E-state index in [9.17, 15) is 28.5 Å². The molecule has 10 heteroatoms. The number of alkyl halides is 2. The minimum atomic E-state index is -2.56. The second-order valence-corrected chi connectivity index (χ2v) is 6.71. The van der Waals surface area contributed by atoms with E-state index < -0.39 is 28.5 Å². The molecule has 1 N–H and O–H groups in total. The van der Waals surface area contributed by atoms with Crippen molar-refractivity contribution in [1.29, 1.82) is 0 Å². The summed E-state index contributed by atoms with van der Waals surface area (Å²) in [7, 11) is 0. The van der Waals surface area contributed by atoms with Gasteiger partial charge in [-0.15, -0.1) is 0 Å². The van der Waals surface area contributed by atoms with Gasteiger partial charge in [-0.05, 0) is 30.3 Å². The summed E-state index contributed by atoms with van der Waals surface area (Å²) in [6.45, 7) is 0. The molecule has 2 aromatic rings. The number of nitro benzene ring substituents is 1. The van der Waals surface area contributed by atoms with Crippen molar-refractivity contribution in [1.82, 2.24) is 0 Å². The van der Waals surface area contributed by atoms with Crippen molar-refractivity contribution in [3.05, 3.63) is 58.6 Å². The molecule has 1 heterocycles. The molecule has 1 saturated heterocycles. The number of amides is 2. The number of nitrogens with one attached hydrogen (secondary N) is 1. The maximum Gasteiger partial charge on any atom is 0.288 e. The first kappa shape index (κ1) is 18.8. The van der Waals surface area contributed by atoms with E-state index in [0.29, 0.717) is 22.3 Å². The number of nitrogens with zero attached hydrogens (tertiary/aromatic N) is 2. The number of halogens is 2. The lowest BCUT2D eigenvalue weighted by atomic mass is 10.2. The molecule has 0 radical (unpaired) electrons. The number of nitro groups is 1. The number of carbonyl (C=O) groups is 2. The molecule has 0 bridgehead atoms. The van der Waals surface area contributed by atoms with E-state index in [0.717, 1.165) is 4.90 Å². The van der Waals surface area contributed by atoms with Crippen molar-refractivity contribution in [2.75, 3.05) is 10.2 Å². The Kier molecular flexibility index (Phi) is 5.36.